The Morgan fingerprint density at radius 2 is 1.06 bits per heavy atom. The van der Waals surface area contributed by atoms with Gasteiger partial charge in [0.1, 0.15) is 12.1 Å². The first kappa shape index (κ1) is 56.0. The number of aromatic amines is 2. The smallest absolute Gasteiger partial charge is 0.321 e. The Labute approximate surface area is 467 Å². The summed E-state index contributed by atoms with van der Waals surface area (Å²) in [6.07, 6.45) is 11.2. The van der Waals surface area contributed by atoms with Crippen LogP contribution in [0.5, 0.6) is 0 Å². The lowest BCUT2D eigenvalue weighted by Crippen LogP contribution is -2.52. The molecule has 2 atom stereocenters. The number of fused-ring (bicyclic) bond motifs is 2. The third kappa shape index (κ3) is 13.4. The fourth-order valence-corrected chi connectivity index (χ4v) is 13.1. The lowest BCUT2D eigenvalue weighted by atomic mass is 9.84. The predicted molar refractivity (Wildman–Crippen MR) is 305 cm³/mol. The number of piperidine rings is 4. The van der Waals surface area contributed by atoms with Crippen LogP contribution in [0.1, 0.15) is 74.3 Å². The monoisotopic (exact) mass is 1150 g/mol. The lowest BCUT2D eigenvalue weighted by Gasteiger charge is -2.41. The Kier molecular flexibility index (Phi) is 17.8. The molecule has 4 aliphatic heterocycles. The minimum Gasteiger partial charge on any atom is -0.480 e. The van der Waals surface area contributed by atoms with Gasteiger partial charge in [-0.15, -0.1) is 0 Å². The van der Waals surface area contributed by atoms with Crippen LogP contribution in [0.2, 0.25) is 20.1 Å². The van der Waals surface area contributed by atoms with Crippen LogP contribution in [0.4, 0.5) is 26.7 Å². The molecule has 4 aliphatic rings. The van der Waals surface area contributed by atoms with Crippen molar-refractivity contribution < 1.29 is 37.8 Å². The van der Waals surface area contributed by atoms with Gasteiger partial charge in [-0.05, 0) is 167 Å². The molecule has 410 valence electrons. The zero-order chi connectivity index (χ0) is 54.5. The highest BCUT2D eigenvalue weighted by atomic mass is 35.5. The fourth-order valence-electron chi connectivity index (χ4n) is 11.9. The van der Waals surface area contributed by atoms with Gasteiger partial charge in [0.2, 0.25) is 10.0 Å². The maximum Gasteiger partial charge on any atom is 0.321 e. The van der Waals surface area contributed by atoms with E-state index in [0.29, 0.717) is 108 Å². The van der Waals surface area contributed by atoms with Gasteiger partial charge in [-0.2, -0.15) is 0 Å². The summed E-state index contributed by atoms with van der Waals surface area (Å²) in [4.78, 5) is 64.6. The van der Waals surface area contributed by atoms with E-state index >= 15 is 0 Å². The summed E-state index contributed by atoms with van der Waals surface area (Å²) in [5.74, 6) is -0.993. The number of hydrogen-bond acceptors (Lipinski definition) is 8. The molecule has 7 N–H and O–H groups in total. The van der Waals surface area contributed by atoms with Gasteiger partial charge < -0.3 is 40.6 Å². The standard InChI is InChI=1S/C28H33Cl2N5O5S.C27H30Cl2N4O3/c1-41(39,40)33-20-3-5-25-21(14-20)22(16-31-25)17-6-10-34(11-7-17)26(27(36)37)18-8-12-35(13-9-18)28(38)32-19-2-4-23(29)24(30)15-19;28-21-5-3-7-23(24(21)29)31-27(36)33-14-10-18(11-15-33)25(26(34)35)32-12-8-17(9-13-32)20-16-30-22-6-2-1-4-19(20)22/h2-5,14-18,26,31,33H,6-13H2,1H3,(H,32,38)(H,36,37);1-7,16-18,25,30H,8-15H2,(H,31,36)(H,34,35). The molecule has 4 amide bonds. The van der Waals surface area contributed by atoms with Gasteiger partial charge in [0.15, 0.2) is 0 Å². The second-order valence-electron chi connectivity index (χ2n) is 20.6. The van der Waals surface area contributed by atoms with Gasteiger partial charge in [0, 0.05) is 71.8 Å². The van der Waals surface area contributed by atoms with E-state index in [1.54, 1.807) is 52.3 Å². The van der Waals surface area contributed by atoms with Gasteiger partial charge in [0.05, 0.1) is 32.0 Å². The summed E-state index contributed by atoms with van der Waals surface area (Å²) < 4.78 is 25.9. The van der Waals surface area contributed by atoms with Crippen molar-refractivity contribution in [1.82, 2.24) is 29.6 Å². The van der Waals surface area contributed by atoms with Crippen LogP contribution in [0, 0.1) is 11.8 Å². The summed E-state index contributed by atoms with van der Waals surface area (Å²) in [6.45, 7) is 4.76. The number of para-hydroxylation sites is 1. The quantitative estimate of drug-likeness (QED) is 0.0614. The van der Waals surface area contributed by atoms with Crippen molar-refractivity contribution in [2.24, 2.45) is 11.8 Å². The zero-order valence-electron chi connectivity index (χ0n) is 42.5. The molecule has 4 fully saturated rings. The van der Waals surface area contributed by atoms with E-state index in [2.05, 4.69) is 59.5 Å². The van der Waals surface area contributed by atoms with Crippen molar-refractivity contribution in [3.05, 3.63) is 122 Å². The number of likely N-dealkylation sites (tertiary alicyclic amines) is 4. The number of benzene rings is 4. The van der Waals surface area contributed by atoms with Gasteiger partial charge in [-0.1, -0.05) is 70.7 Å². The Bertz CT molecular complexity index is 3220. The van der Waals surface area contributed by atoms with Gasteiger partial charge in [-0.3, -0.25) is 24.1 Å². The molecule has 4 aromatic carbocycles. The number of sulfonamides is 1. The number of nitrogens with one attached hydrogen (secondary N) is 5. The average molecular weight is 1150 g/mol. The summed E-state index contributed by atoms with van der Waals surface area (Å²) in [7, 11) is -3.39. The van der Waals surface area contributed by atoms with Crippen LogP contribution in [0.25, 0.3) is 21.8 Å². The minimum absolute atomic E-state index is 0.00551. The number of aliphatic carboxylic acids is 2. The van der Waals surface area contributed by atoms with E-state index in [9.17, 15) is 37.8 Å². The van der Waals surface area contributed by atoms with Crippen LogP contribution in [-0.2, 0) is 19.6 Å². The Hall–Kier alpha value is -5.73. The van der Waals surface area contributed by atoms with Crippen molar-refractivity contribution in [1.29, 1.82) is 0 Å². The van der Waals surface area contributed by atoms with Gasteiger partial charge in [0.25, 0.3) is 0 Å². The highest BCUT2D eigenvalue weighted by Gasteiger charge is 2.40. The molecule has 0 saturated carbocycles. The van der Waals surface area contributed by atoms with Crippen molar-refractivity contribution in [3.63, 3.8) is 0 Å². The molecule has 2 unspecified atom stereocenters. The normalized spacial score (nSPS) is 18.6. The average Bonchev–Trinajstić information content (AvgIpc) is 4.07. The minimum atomic E-state index is -3.39. The number of anilines is 3. The van der Waals surface area contributed by atoms with Crippen molar-refractivity contribution in [3.8, 4) is 0 Å². The van der Waals surface area contributed by atoms with E-state index in [0.717, 1.165) is 67.0 Å². The number of carbonyl (C=O) groups is 4. The third-order valence-corrected chi connectivity index (χ3v) is 17.9. The van der Waals surface area contributed by atoms with Crippen LogP contribution in [0.3, 0.4) is 0 Å². The summed E-state index contributed by atoms with van der Waals surface area (Å²) in [6, 6.07) is 22.2. The van der Waals surface area contributed by atoms with E-state index in [-0.39, 0.29) is 29.8 Å². The number of hydrogen-bond donors (Lipinski definition) is 7. The number of carbonyl (C=O) groups excluding carboxylic acids is 2. The van der Waals surface area contributed by atoms with E-state index < -0.39 is 34.0 Å². The van der Waals surface area contributed by atoms with Crippen molar-refractivity contribution in [2.75, 3.05) is 74.0 Å². The second kappa shape index (κ2) is 24.5. The SMILES string of the molecule is CS(=O)(=O)Nc1ccc2[nH]cc(C3CCN(C(C(=O)O)C4CCN(C(=O)Nc5ccc(Cl)c(Cl)c5)CC4)CC3)c2c1.O=C(O)C(C1CCN(C(=O)Nc2cccc(Cl)c2Cl)CC1)N1CCC(c2c[nH]c3ccccc23)CC1. The molecule has 0 bridgehead atoms. The number of urea groups is 2. The molecule has 6 heterocycles. The van der Waals surface area contributed by atoms with Crippen LogP contribution >= 0.6 is 46.4 Å². The topological polar surface area (TPSA) is 224 Å². The molecule has 6 aromatic rings. The lowest BCUT2D eigenvalue weighted by molar-refractivity contribution is -0.147. The molecule has 10 rings (SSSR count). The maximum absolute atomic E-state index is 12.8. The third-order valence-electron chi connectivity index (χ3n) is 15.8. The molecular weight excluding hydrogens is 1090 g/mol. The number of halogens is 4. The largest absolute Gasteiger partial charge is 0.480 e. The fraction of sp³-hybridized carbons (Fsp3) is 0.418. The van der Waals surface area contributed by atoms with E-state index in [1.165, 1.54) is 10.9 Å². The van der Waals surface area contributed by atoms with Crippen LogP contribution < -0.4 is 15.4 Å². The Morgan fingerprint density at radius 1 is 0.558 bits per heavy atom. The number of carboxylic acids is 2. The predicted octanol–water partition coefficient (Wildman–Crippen LogP) is 11.5. The second-order valence-corrected chi connectivity index (χ2v) is 23.9. The molecular formula is C55H63Cl4N9O8S. The zero-order valence-corrected chi connectivity index (χ0v) is 46.3. The molecule has 77 heavy (non-hydrogen) atoms. The molecule has 0 radical (unpaired) electrons. The molecule has 17 nitrogen and oxygen atoms in total. The molecule has 22 heteroatoms. The number of aromatic nitrogens is 2. The summed E-state index contributed by atoms with van der Waals surface area (Å²) >= 11 is 24.2. The van der Waals surface area contributed by atoms with E-state index in [4.69, 9.17) is 46.4 Å². The molecule has 2 aromatic heterocycles. The van der Waals surface area contributed by atoms with Crippen molar-refractivity contribution >= 4 is 119 Å². The number of rotatable bonds is 12. The van der Waals surface area contributed by atoms with Gasteiger partial charge >= 0.3 is 24.0 Å². The Morgan fingerprint density at radius 3 is 1.60 bits per heavy atom. The number of H-pyrrole nitrogens is 2. The summed E-state index contributed by atoms with van der Waals surface area (Å²) in [5, 5.41) is 29.7. The maximum atomic E-state index is 12.8. The first-order valence-corrected chi connectivity index (χ1v) is 29.4. The van der Waals surface area contributed by atoms with Gasteiger partial charge in [-0.25, -0.2) is 18.0 Å². The van der Waals surface area contributed by atoms with E-state index in [1.807, 2.05) is 24.4 Å². The number of nitrogens with zero attached hydrogens (tertiary/aromatic N) is 4. The number of carboxylic acid groups (broad SMARTS) is 2. The highest BCUT2D eigenvalue weighted by molar-refractivity contribution is 7.92. The summed E-state index contributed by atoms with van der Waals surface area (Å²) in [5.41, 5.74) is 6.06. The molecule has 0 spiro atoms. The molecule has 4 saturated heterocycles. The highest BCUT2D eigenvalue weighted by Crippen LogP contribution is 2.39. The first-order valence-electron chi connectivity index (χ1n) is 26.0. The van der Waals surface area contributed by atoms with Crippen LogP contribution in [0.15, 0.2) is 91.3 Å². The number of amides is 4. The van der Waals surface area contributed by atoms with Crippen LogP contribution in [-0.4, -0.2) is 143 Å². The van der Waals surface area contributed by atoms with Crippen molar-refractivity contribution in [2.45, 2.75) is 75.3 Å². The first-order chi connectivity index (χ1) is 36.9. The molecule has 0 aliphatic carbocycles. The Balaban J connectivity index is 0.000000189.